The van der Waals surface area contributed by atoms with Crippen LogP contribution in [0.3, 0.4) is 0 Å². The van der Waals surface area contributed by atoms with Gasteiger partial charge in [-0.05, 0) is 29.3 Å². The van der Waals surface area contributed by atoms with Crippen molar-refractivity contribution in [3.8, 4) is 11.1 Å². The number of benzene rings is 2. The molecule has 4 rings (SSSR count). The molecule has 1 aliphatic rings. The maximum Gasteiger partial charge on any atom is 0.225 e. The fraction of sp³-hybridized carbons (Fsp3) is 0.105. The van der Waals surface area contributed by atoms with E-state index < -0.39 is 17.6 Å². The number of fused-ring (bicyclic) bond motifs is 1. The molecule has 0 saturated carbocycles. The predicted octanol–water partition coefficient (Wildman–Crippen LogP) is 5.31. The lowest BCUT2D eigenvalue weighted by Crippen LogP contribution is -2.23. The highest BCUT2D eigenvalue weighted by molar-refractivity contribution is 7.11. The summed E-state index contributed by atoms with van der Waals surface area (Å²) in [6.45, 7) is 0. The summed E-state index contributed by atoms with van der Waals surface area (Å²) < 4.78 is 41.4. The highest BCUT2D eigenvalue weighted by Crippen LogP contribution is 2.47. The van der Waals surface area contributed by atoms with Crippen molar-refractivity contribution in [2.24, 2.45) is 0 Å². The first-order chi connectivity index (χ1) is 12.0. The van der Waals surface area contributed by atoms with Crippen LogP contribution in [0.5, 0.6) is 0 Å². The molecule has 6 heteroatoms. The van der Waals surface area contributed by atoms with Gasteiger partial charge in [0.2, 0.25) is 5.91 Å². The molecule has 0 radical (unpaired) electrons. The van der Waals surface area contributed by atoms with Crippen molar-refractivity contribution < 1.29 is 18.0 Å². The number of thiophene rings is 1. The first kappa shape index (κ1) is 15.9. The van der Waals surface area contributed by atoms with Crippen molar-refractivity contribution >= 4 is 22.9 Å². The Bertz CT molecular complexity index is 983. The molecule has 1 N–H and O–H groups in total. The van der Waals surface area contributed by atoms with Crippen molar-refractivity contribution in [2.75, 3.05) is 5.32 Å². The molecule has 1 atom stereocenters. The summed E-state index contributed by atoms with van der Waals surface area (Å²) in [5, 5.41) is 4.59. The number of hydrogen-bond donors (Lipinski definition) is 1. The van der Waals surface area contributed by atoms with Gasteiger partial charge in [-0.2, -0.15) is 0 Å². The Morgan fingerprint density at radius 1 is 1.08 bits per heavy atom. The molecule has 0 fully saturated rings. The van der Waals surface area contributed by atoms with Gasteiger partial charge in [0.15, 0.2) is 11.6 Å². The minimum absolute atomic E-state index is 0.0382. The zero-order valence-electron chi connectivity index (χ0n) is 12.9. The zero-order chi connectivity index (χ0) is 17.6. The van der Waals surface area contributed by atoms with Crippen molar-refractivity contribution in [3.05, 3.63) is 75.7 Å². The van der Waals surface area contributed by atoms with Crippen LogP contribution in [0.1, 0.15) is 22.8 Å². The molecule has 126 valence electrons. The van der Waals surface area contributed by atoms with Gasteiger partial charge in [0.05, 0.1) is 5.69 Å². The molecule has 0 spiro atoms. The Hall–Kier alpha value is -2.60. The summed E-state index contributed by atoms with van der Waals surface area (Å²) in [7, 11) is 0. The van der Waals surface area contributed by atoms with E-state index in [1.807, 2.05) is 0 Å². The van der Waals surface area contributed by atoms with Gasteiger partial charge in [-0.1, -0.05) is 24.3 Å². The van der Waals surface area contributed by atoms with Crippen LogP contribution in [0.2, 0.25) is 0 Å². The molecule has 3 aromatic rings. The van der Waals surface area contributed by atoms with E-state index in [0.717, 1.165) is 10.9 Å². The molecule has 25 heavy (non-hydrogen) atoms. The standard InChI is InChI=1S/C19H12F3NOS/c20-11-4-1-3-10(7-11)14-9-25-19-13(8-16(24)23-18(14)19)12-5-2-6-15(21)17(12)22/h1-7,9,13H,8H2,(H,23,24)/t13-/m1/s1. The zero-order valence-corrected chi connectivity index (χ0v) is 13.7. The number of nitrogens with one attached hydrogen (secondary N) is 1. The molecular formula is C19H12F3NOS. The molecule has 1 amide bonds. The number of halogens is 3. The van der Waals surface area contributed by atoms with Crippen LogP contribution in [0, 0.1) is 17.5 Å². The highest BCUT2D eigenvalue weighted by Gasteiger charge is 2.32. The van der Waals surface area contributed by atoms with Crippen molar-refractivity contribution in [2.45, 2.75) is 12.3 Å². The second-order valence-corrected chi connectivity index (χ2v) is 6.76. The quantitative estimate of drug-likeness (QED) is 0.660. The van der Waals surface area contributed by atoms with Gasteiger partial charge in [-0.25, -0.2) is 13.2 Å². The molecule has 2 aromatic carbocycles. The van der Waals surface area contributed by atoms with Gasteiger partial charge in [0, 0.05) is 28.2 Å². The number of carbonyl (C=O) groups is 1. The lowest BCUT2D eigenvalue weighted by molar-refractivity contribution is -0.116. The van der Waals surface area contributed by atoms with Crippen molar-refractivity contribution in [3.63, 3.8) is 0 Å². The fourth-order valence-corrected chi connectivity index (χ4v) is 4.29. The van der Waals surface area contributed by atoms with Gasteiger partial charge >= 0.3 is 0 Å². The number of amides is 1. The van der Waals surface area contributed by atoms with E-state index in [-0.39, 0.29) is 23.7 Å². The molecule has 0 saturated heterocycles. The van der Waals surface area contributed by atoms with Gasteiger partial charge in [-0.3, -0.25) is 4.79 Å². The van der Waals surface area contributed by atoms with E-state index in [2.05, 4.69) is 5.32 Å². The summed E-state index contributed by atoms with van der Waals surface area (Å²) in [5.41, 5.74) is 2.00. The smallest absolute Gasteiger partial charge is 0.225 e. The first-order valence-corrected chi connectivity index (χ1v) is 8.53. The molecule has 0 aliphatic carbocycles. The van der Waals surface area contributed by atoms with Crippen LogP contribution in [0.4, 0.5) is 18.9 Å². The topological polar surface area (TPSA) is 29.1 Å². The van der Waals surface area contributed by atoms with E-state index in [9.17, 15) is 18.0 Å². The second-order valence-electron chi connectivity index (χ2n) is 5.85. The van der Waals surface area contributed by atoms with Gasteiger partial charge in [0.1, 0.15) is 5.82 Å². The van der Waals surface area contributed by atoms with Crippen LogP contribution in [-0.2, 0) is 4.79 Å². The van der Waals surface area contributed by atoms with E-state index in [1.54, 1.807) is 17.5 Å². The third kappa shape index (κ3) is 2.72. The number of rotatable bonds is 2. The Morgan fingerprint density at radius 3 is 2.68 bits per heavy atom. The summed E-state index contributed by atoms with van der Waals surface area (Å²) in [6, 6.07) is 10.0. The minimum atomic E-state index is -0.938. The van der Waals surface area contributed by atoms with E-state index in [4.69, 9.17) is 0 Å². The lowest BCUT2D eigenvalue weighted by atomic mass is 9.88. The van der Waals surface area contributed by atoms with Crippen LogP contribution >= 0.6 is 11.3 Å². The van der Waals surface area contributed by atoms with Crippen LogP contribution in [0.25, 0.3) is 11.1 Å². The average molecular weight is 359 g/mol. The summed E-state index contributed by atoms with van der Waals surface area (Å²) in [6.07, 6.45) is 0.0382. The third-order valence-corrected chi connectivity index (χ3v) is 5.38. The maximum atomic E-state index is 14.2. The normalized spacial score (nSPS) is 16.4. The van der Waals surface area contributed by atoms with Crippen LogP contribution in [0.15, 0.2) is 47.8 Å². The second kappa shape index (κ2) is 6.04. The number of hydrogen-bond acceptors (Lipinski definition) is 2. The average Bonchev–Trinajstić information content (AvgIpc) is 3.00. The molecule has 2 heterocycles. The lowest BCUT2D eigenvalue weighted by Gasteiger charge is -2.24. The summed E-state index contributed by atoms with van der Waals surface area (Å²) in [5.74, 6) is -3.10. The van der Waals surface area contributed by atoms with E-state index in [1.165, 1.54) is 35.6 Å². The molecule has 2 nitrogen and oxygen atoms in total. The summed E-state index contributed by atoms with van der Waals surface area (Å²) >= 11 is 1.35. The molecule has 1 aromatic heterocycles. The third-order valence-electron chi connectivity index (χ3n) is 4.28. The Morgan fingerprint density at radius 2 is 1.88 bits per heavy atom. The first-order valence-electron chi connectivity index (χ1n) is 7.65. The SMILES string of the molecule is O=C1C[C@H](c2cccc(F)c2F)c2scc(-c3cccc(F)c3)c2N1. The van der Waals surface area contributed by atoms with Crippen molar-refractivity contribution in [1.82, 2.24) is 0 Å². The van der Waals surface area contributed by atoms with Crippen LogP contribution in [-0.4, -0.2) is 5.91 Å². The Balaban J connectivity index is 1.86. The molecular weight excluding hydrogens is 347 g/mol. The number of anilines is 1. The maximum absolute atomic E-state index is 14.2. The van der Waals surface area contributed by atoms with E-state index in [0.29, 0.717) is 16.8 Å². The Labute approximate surface area is 145 Å². The highest BCUT2D eigenvalue weighted by atomic mass is 32.1. The minimum Gasteiger partial charge on any atom is -0.325 e. The summed E-state index contributed by atoms with van der Waals surface area (Å²) in [4.78, 5) is 12.9. The monoisotopic (exact) mass is 359 g/mol. The van der Waals surface area contributed by atoms with Crippen LogP contribution < -0.4 is 5.32 Å². The van der Waals surface area contributed by atoms with Gasteiger partial charge in [-0.15, -0.1) is 11.3 Å². The van der Waals surface area contributed by atoms with E-state index >= 15 is 0 Å². The number of carbonyl (C=O) groups excluding carboxylic acids is 1. The predicted molar refractivity (Wildman–Crippen MR) is 91.2 cm³/mol. The molecule has 0 bridgehead atoms. The van der Waals surface area contributed by atoms with Crippen molar-refractivity contribution in [1.29, 1.82) is 0 Å². The largest absolute Gasteiger partial charge is 0.325 e. The molecule has 1 aliphatic heterocycles. The van der Waals surface area contributed by atoms with Gasteiger partial charge < -0.3 is 5.32 Å². The fourth-order valence-electron chi connectivity index (χ4n) is 3.14. The Kier molecular flexibility index (Phi) is 3.84. The molecule has 0 unspecified atom stereocenters. The van der Waals surface area contributed by atoms with Gasteiger partial charge in [0.25, 0.3) is 0 Å².